The van der Waals surface area contributed by atoms with Crippen molar-refractivity contribution in [1.29, 1.82) is 0 Å². The van der Waals surface area contributed by atoms with E-state index in [0.717, 1.165) is 0 Å². The Labute approximate surface area is 100 Å². The number of aryl methyl sites for hydroxylation is 1. The van der Waals surface area contributed by atoms with Crippen LogP contribution in [0.2, 0.25) is 0 Å². The summed E-state index contributed by atoms with van der Waals surface area (Å²) in [7, 11) is 0. The monoisotopic (exact) mass is 219 g/mol. The summed E-state index contributed by atoms with van der Waals surface area (Å²) in [6.07, 6.45) is 8.69. The van der Waals surface area contributed by atoms with Gasteiger partial charge in [-0.05, 0) is 31.2 Å². The lowest BCUT2D eigenvalue weighted by atomic mass is 10.0. The van der Waals surface area contributed by atoms with Gasteiger partial charge in [-0.25, -0.2) is 0 Å². The molecule has 0 aliphatic rings. The Kier molecular flexibility index (Phi) is 6.91. The number of hydrogen-bond acceptors (Lipinski definition) is 1. The van der Waals surface area contributed by atoms with Crippen LogP contribution in [0, 0.1) is 0 Å². The molecule has 0 spiro atoms. The predicted octanol–water partition coefficient (Wildman–Crippen LogP) is 3.92. The maximum absolute atomic E-state index is 5.98. The quantitative estimate of drug-likeness (QED) is 0.659. The first-order valence-electron chi connectivity index (χ1n) is 6.62. The molecule has 0 aromatic heterocycles. The molecule has 0 aliphatic heterocycles. The van der Waals surface area contributed by atoms with Crippen molar-refractivity contribution in [3.05, 3.63) is 35.9 Å². The topological polar surface area (TPSA) is 26.0 Å². The number of unbranched alkanes of at least 4 members (excludes halogenated alkanes) is 2. The van der Waals surface area contributed by atoms with Crippen LogP contribution in [-0.4, -0.2) is 6.04 Å². The van der Waals surface area contributed by atoms with Gasteiger partial charge in [0.05, 0.1) is 0 Å². The van der Waals surface area contributed by atoms with Gasteiger partial charge < -0.3 is 5.73 Å². The average molecular weight is 219 g/mol. The molecule has 0 bridgehead atoms. The second-order valence-corrected chi connectivity index (χ2v) is 4.63. The molecule has 0 heterocycles. The third-order valence-electron chi connectivity index (χ3n) is 3.04. The number of rotatable bonds is 8. The lowest BCUT2D eigenvalue weighted by Crippen LogP contribution is -2.18. The van der Waals surface area contributed by atoms with E-state index in [1.54, 1.807) is 0 Å². The fourth-order valence-electron chi connectivity index (χ4n) is 2.07. The van der Waals surface area contributed by atoms with Gasteiger partial charge >= 0.3 is 0 Å². The van der Waals surface area contributed by atoms with Gasteiger partial charge in [-0.2, -0.15) is 0 Å². The maximum Gasteiger partial charge on any atom is 0.00387 e. The lowest BCUT2D eigenvalue weighted by molar-refractivity contribution is 0.518. The van der Waals surface area contributed by atoms with Gasteiger partial charge in [0, 0.05) is 6.04 Å². The van der Waals surface area contributed by atoms with Crippen molar-refractivity contribution in [2.75, 3.05) is 0 Å². The van der Waals surface area contributed by atoms with Gasteiger partial charge in [0.1, 0.15) is 0 Å². The van der Waals surface area contributed by atoms with Gasteiger partial charge in [-0.15, -0.1) is 0 Å². The van der Waals surface area contributed by atoms with Crippen LogP contribution in [0.25, 0.3) is 0 Å². The minimum absolute atomic E-state index is 0.432. The highest BCUT2D eigenvalue weighted by Crippen LogP contribution is 2.09. The van der Waals surface area contributed by atoms with Crippen molar-refractivity contribution in [1.82, 2.24) is 0 Å². The van der Waals surface area contributed by atoms with E-state index in [2.05, 4.69) is 37.3 Å². The van der Waals surface area contributed by atoms with Gasteiger partial charge in [-0.1, -0.05) is 56.5 Å². The number of nitrogens with two attached hydrogens (primary N) is 1. The van der Waals surface area contributed by atoms with Crippen LogP contribution >= 0.6 is 0 Å². The summed E-state index contributed by atoms with van der Waals surface area (Å²) in [5.74, 6) is 0. The van der Waals surface area contributed by atoms with E-state index in [-0.39, 0.29) is 0 Å². The molecule has 0 saturated heterocycles. The minimum Gasteiger partial charge on any atom is -0.328 e. The van der Waals surface area contributed by atoms with Gasteiger partial charge in [-0.3, -0.25) is 0 Å². The van der Waals surface area contributed by atoms with Gasteiger partial charge in [0.25, 0.3) is 0 Å². The molecule has 0 saturated carbocycles. The van der Waals surface area contributed by atoms with E-state index in [0.29, 0.717) is 6.04 Å². The Morgan fingerprint density at radius 2 is 1.75 bits per heavy atom. The molecule has 0 aliphatic carbocycles. The van der Waals surface area contributed by atoms with Crippen LogP contribution in [-0.2, 0) is 6.42 Å². The maximum atomic E-state index is 5.98. The SMILES string of the molecule is CCCC(N)CCCCCc1ccccc1. The number of hydrogen-bond donors (Lipinski definition) is 1. The lowest BCUT2D eigenvalue weighted by Gasteiger charge is -2.09. The van der Waals surface area contributed by atoms with Crippen molar-refractivity contribution in [2.24, 2.45) is 5.73 Å². The van der Waals surface area contributed by atoms with Crippen LogP contribution in [0.15, 0.2) is 30.3 Å². The molecule has 1 aromatic rings. The normalized spacial score (nSPS) is 12.6. The molecule has 1 unspecified atom stereocenters. The first kappa shape index (κ1) is 13.2. The van der Waals surface area contributed by atoms with E-state index in [1.807, 2.05) is 0 Å². The highest BCUT2D eigenvalue weighted by Gasteiger charge is 2.00. The Morgan fingerprint density at radius 1 is 1.00 bits per heavy atom. The zero-order valence-electron chi connectivity index (χ0n) is 10.5. The summed E-state index contributed by atoms with van der Waals surface area (Å²) < 4.78 is 0. The van der Waals surface area contributed by atoms with Crippen LogP contribution in [0.5, 0.6) is 0 Å². The molecular weight excluding hydrogens is 194 g/mol. The fourth-order valence-corrected chi connectivity index (χ4v) is 2.07. The molecule has 0 amide bonds. The second-order valence-electron chi connectivity index (χ2n) is 4.63. The zero-order chi connectivity index (χ0) is 11.6. The zero-order valence-corrected chi connectivity index (χ0v) is 10.5. The molecular formula is C15H25N. The third-order valence-corrected chi connectivity index (χ3v) is 3.04. The summed E-state index contributed by atoms with van der Waals surface area (Å²) in [4.78, 5) is 0. The molecule has 1 atom stereocenters. The Morgan fingerprint density at radius 3 is 2.44 bits per heavy atom. The molecule has 90 valence electrons. The van der Waals surface area contributed by atoms with Crippen LogP contribution in [0.4, 0.5) is 0 Å². The Hall–Kier alpha value is -0.820. The van der Waals surface area contributed by atoms with Gasteiger partial charge in [0.15, 0.2) is 0 Å². The molecule has 1 aromatic carbocycles. The average Bonchev–Trinajstić information content (AvgIpc) is 2.30. The first-order chi connectivity index (χ1) is 7.83. The molecule has 2 N–H and O–H groups in total. The van der Waals surface area contributed by atoms with Gasteiger partial charge in [0.2, 0.25) is 0 Å². The number of benzene rings is 1. The van der Waals surface area contributed by atoms with E-state index in [9.17, 15) is 0 Å². The summed E-state index contributed by atoms with van der Waals surface area (Å²) in [6.45, 7) is 2.20. The summed E-state index contributed by atoms with van der Waals surface area (Å²) >= 11 is 0. The van der Waals surface area contributed by atoms with Crippen molar-refractivity contribution in [3.63, 3.8) is 0 Å². The van der Waals surface area contributed by atoms with Crippen molar-refractivity contribution in [2.45, 2.75) is 57.9 Å². The fraction of sp³-hybridized carbons (Fsp3) is 0.600. The van der Waals surface area contributed by atoms with Crippen molar-refractivity contribution < 1.29 is 0 Å². The second kappa shape index (κ2) is 8.35. The minimum atomic E-state index is 0.432. The molecule has 1 heteroatoms. The van der Waals surface area contributed by atoms with Crippen molar-refractivity contribution >= 4 is 0 Å². The first-order valence-corrected chi connectivity index (χ1v) is 6.62. The highest BCUT2D eigenvalue weighted by molar-refractivity contribution is 5.14. The van der Waals surface area contributed by atoms with Crippen LogP contribution in [0.1, 0.15) is 51.0 Å². The standard InChI is InChI=1S/C15H25N/c1-2-9-15(16)13-8-4-7-12-14-10-5-3-6-11-14/h3,5-6,10-11,15H,2,4,7-9,12-13,16H2,1H3. The van der Waals surface area contributed by atoms with E-state index in [1.165, 1.54) is 50.5 Å². The smallest absolute Gasteiger partial charge is 0.00387 e. The van der Waals surface area contributed by atoms with E-state index in [4.69, 9.17) is 5.73 Å². The third kappa shape index (κ3) is 5.92. The summed E-state index contributed by atoms with van der Waals surface area (Å²) in [5, 5.41) is 0. The molecule has 0 fully saturated rings. The molecule has 1 nitrogen and oxygen atoms in total. The largest absolute Gasteiger partial charge is 0.328 e. The van der Waals surface area contributed by atoms with Crippen LogP contribution in [0.3, 0.4) is 0 Å². The molecule has 16 heavy (non-hydrogen) atoms. The van der Waals surface area contributed by atoms with E-state index >= 15 is 0 Å². The van der Waals surface area contributed by atoms with Crippen molar-refractivity contribution in [3.8, 4) is 0 Å². The Bertz CT molecular complexity index is 255. The summed E-state index contributed by atoms with van der Waals surface area (Å²) in [5.41, 5.74) is 7.44. The summed E-state index contributed by atoms with van der Waals surface area (Å²) in [6, 6.07) is 11.2. The predicted molar refractivity (Wildman–Crippen MR) is 71.5 cm³/mol. The van der Waals surface area contributed by atoms with E-state index < -0.39 is 0 Å². The highest BCUT2D eigenvalue weighted by atomic mass is 14.6. The Balaban J connectivity index is 2.00. The van der Waals surface area contributed by atoms with Crippen LogP contribution < -0.4 is 5.73 Å². The molecule has 1 rings (SSSR count). The molecule has 0 radical (unpaired) electrons.